The zero-order chi connectivity index (χ0) is 8.10. The summed E-state index contributed by atoms with van der Waals surface area (Å²) in [6, 6.07) is 0. The van der Waals surface area contributed by atoms with Crippen LogP contribution in [0.1, 0.15) is 6.42 Å². The fourth-order valence-corrected chi connectivity index (χ4v) is 1.67. The molecule has 2 N–H and O–H groups in total. The highest BCUT2D eigenvalue weighted by atomic mass is 16.5. The zero-order valence-electron chi connectivity index (χ0n) is 7.25. The lowest BCUT2D eigenvalue weighted by Crippen LogP contribution is -2.27. The van der Waals surface area contributed by atoms with Crippen LogP contribution in [0.2, 0.25) is 0 Å². The number of nitrogens with zero attached hydrogens (tertiary/aromatic N) is 1. The third kappa shape index (κ3) is 2.77. The van der Waals surface area contributed by atoms with Gasteiger partial charge in [-0.2, -0.15) is 0 Å². The van der Waals surface area contributed by atoms with Crippen LogP contribution in [-0.4, -0.2) is 44.8 Å². The van der Waals surface area contributed by atoms with Gasteiger partial charge in [0.25, 0.3) is 0 Å². The van der Waals surface area contributed by atoms with Crippen LogP contribution in [0, 0.1) is 5.92 Å². The first-order chi connectivity index (χ1) is 5.36. The Morgan fingerprint density at radius 1 is 1.64 bits per heavy atom. The fraction of sp³-hybridized carbons (Fsp3) is 1.00. The summed E-state index contributed by atoms with van der Waals surface area (Å²) >= 11 is 0. The van der Waals surface area contributed by atoms with Crippen molar-refractivity contribution in [1.82, 2.24) is 4.90 Å². The minimum atomic E-state index is 0.742. The first-order valence-corrected chi connectivity index (χ1v) is 4.28. The van der Waals surface area contributed by atoms with Crippen molar-refractivity contribution < 1.29 is 4.74 Å². The van der Waals surface area contributed by atoms with Crippen molar-refractivity contribution >= 4 is 0 Å². The molecule has 1 aliphatic rings. The minimum absolute atomic E-state index is 0.742. The normalized spacial score (nSPS) is 26.2. The predicted molar refractivity (Wildman–Crippen MR) is 45.5 cm³/mol. The number of rotatable bonds is 4. The van der Waals surface area contributed by atoms with E-state index in [1.165, 1.54) is 19.5 Å². The molecule has 1 fully saturated rings. The SMILES string of the molecule is COC[C@H]1CCN(CCN)C1. The van der Waals surface area contributed by atoms with E-state index in [9.17, 15) is 0 Å². The summed E-state index contributed by atoms with van der Waals surface area (Å²) in [6.45, 7) is 5.09. The van der Waals surface area contributed by atoms with Gasteiger partial charge in [0.1, 0.15) is 0 Å². The molecule has 1 heterocycles. The van der Waals surface area contributed by atoms with Crippen LogP contribution >= 0.6 is 0 Å². The molecule has 3 heteroatoms. The van der Waals surface area contributed by atoms with Gasteiger partial charge in [-0.25, -0.2) is 0 Å². The van der Waals surface area contributed by atoms with Crippen LogP contribution in [0.25, 0.3) is 0 Å². The van der Waals surface area contributed by atoms with Gasteiger partial charge < -0.3 is 15.4 Å². The smallest absolute Gasteiger partial charge is 0.0503 e. The van der Waals surface area contributed by atoms with Gasteiger partial charge in [-0.15, -0.1) is 0 Å². The quantitative estimate of drug-likeness (QED) is 0.621. The van der Waals surface area contributed by atoms with Gasteiger partial charge in [-0.1, -0.05) is 0 Å². The maximum atomic E-state index is 5.45. The number of ether oxygens (including phenoxy) is 1. The molecule has 0 radical (unpaired) electrons. The van der Waals surface area contributed by atoms with Crippen LogP contribution in [0.4, 0.5) is 0 Å². The molecule has 3 nitrogen and oxygen atoms in total. The highest BCUT2D eigenvalue weighted by Gasteiger charge is 2.20. The highest BCUT2D eigenvalue weighted by molar-refractivity contribution is 4.74. The number of methoxy groups -OCH3 is 1. The summed E-state index contributed by atoms with van der Waals surface area (Å²) in [5.74, 6) is 0.742. The molecule has 0 saturated carbocycles. The summed E-state index contributed by atoms with van der Waals surface area (Å²) in [5, 5.41) is 0. The Bertz CT molecular complexity index is 96.3. The van der Waals surface area contributed by atoms with Gasteiger partial charge in [-0.3, -0.25) is 0 Å². The summed E-state index contributed by atoms with van der Waals surface area (Å²) in [5.41, 5.74) is 5.45. The summed E-state index contributed by atoms with van der Waals surface area (Å²) < 4.78 is 5.09. The topological polar surface area (TPSA) is 38.5 Å². The zero-order valence-corrected chi connectivity index (χ0v) is 7.25. The van der Waals surface area contributed by atoms with Gasteiger partial charge >= 0.3 is 0 Å². The largest absolute Gasteiger partial charge is 0.384 e. The summed E-state index contributed by atoms with van der Waals surface area (Å²) in [7, 11) is 1.77. The Balaban J connectivity index is 2.12. The molecule has 11 heavy (non-hydrogen) atoms. The maximum absolute atomic E-state index is 5.45. The molecular formula is C8H18N2O. The van der Waals surface area contributed by atoms with Crippen LogP contribution in [0.15, 0.2) is 0 Å². The van der Waals surface area contributed by atoms with Crippen molar-refractivity contribution in [3.8, 4) is 0 Å². The van der Waals surface area contributed by atoms with E-state index < -0.39 is 0 Å². The van der Waals surface area contributed by atoms with Crippen molar-refractivity contribution in [2.75, 3.05) is 39.9 Å². The lowest BCUT2D eigenvalue weighted by atomic mass is 10.1. The monoisotopic (exact) mass is 158 g/mol. The second kappa shape index (κ2) is 4.70. The van der Waals surface area contributed by atoms with E-state index in [1.54, 1.807) is 7.11 Å². The van der Waals surface area contributed by atoms with E-state index in [1.807, 2.05) is 0 Å². The second-order valence-electron chi connectivity index (χ2n) is 3.20. The Labute approximate surface area is 68.5 Å². The number of hydrogen-bond donors (Lipinski definition) is 1. The molecule has 0 aromatic heterocycles. The molecule has 0 aromatic rings. The first kappa shape index (κ1) is 8.97. The van der Waals surface area contributed by atoms with Crippen LogP contribution < -0.4 is 5.73 Å². The Hall–Kier alpha value is -0.120. The van der Waals surface area contributed by atoms with Gasteiger partial charge in [-0.05, 0) is 18.9 Å². The van der Waals surface area contributed by atoms with Crippen LogP contribution in [0.5, 0.6) is 0 Å². The molecule has 66 valence electrons. The molecule has 1 atom stereocenters. The lowest BCUT2D eigenvalue weighted by Gasteiger charge is -2.13. The molecule has 0 spiro atoms. The Morgan fingerprint density at radius 3 is 3.09 bits per heavy atom. The van der Waals surface area contributed by atoms with Gasteiger partial charge in [0.2, 0.25) is 0 Å². The number of nitrogens with two attached hydrogens (primary N) is 1. The van der Waals surface area contributed by atoms with E-state index in [4.69, 9.17) is 10.5 Å². The number of likely N-dealkylation sites (tertiary alicyclic amines) is 1. The van der Waals surface area contributed by atoms with E-state index in [2.05, 4.69) is 4.90 Å². The maximum Gasteiger partial charge on any atom is 0.0503 e. The molecule has 0 aromatic carbocycles. The fourth-order valence-electron chi connectivity index (χ4n) is 1.67. The van der Waals surface area contributed by atoms with E-state index in [-0.39, 0.29) is 0 Å². The first-order valence-electron chi connectivity index (χ1n) is 4.28. The van der Waals surface area contributed by atoms with Crippen molar-refractivity contribution in [3.63, 3.8) is 0 Å². The molecule has 1 saturated heterocycles. The molecule has 0 amide bonds. The lowest BCUT2D eigenvalue weighted by molar-refractivity contribution is 0.153. The van der Waals surface area contributed by atoms with Crippen molar-refractivity contribution in [3.05, 3.63) is 0 Å². The van der Waals surface area contributed by atoms with Crippen molar-refractivity contribution in [2.45, 2.75) is 6.42 Å². The van der Waals surface area contributed by atoms with Crippen LogP contribution in [0.3, 0.4) is 0 Å². The Morgan fingerprint density at radius 2 is 2.45 bits per heavy atom. The molecule has 0 unspecified atom stereocenters. The van der Waals surface area contributed by atoms with Gasteiger partial charge in [0, 0.05) is 26.7 Å². The highest BCUT2D eigenvalue weighted by Crippen LogP contribution is 2.14. The van der Waals surface area contributed by atoms with E-state index in [0.717, 1.165) is 25.6 Å². The van der Waals surface area contributed by atoms with Gasteiger partial charge in [0.05, 0.1) is 6.61 Å². The average Bonchev–Trinajstić information content (AvgIpc) is 2.38. The molecule has 0 bridgehead atoms. The average molecular weight is 158 g/mol. The van der Waals surface area contributed by atoms with Gasteiger partial charge in [0.15, 0.2) is 0 Å². The van der Waals surface area contributed by atoms with Crippen LogP contribution in [-0.2, 0) is 4.74 Å². The molecular weight excluding hydrogens is 140 g/mol. The third-order valence-electron chi connectivity index (χ3n) is 2.22. The minimum Gasteiger partial charge on any atom is -0.384 e. The van der Waals surface area contributed by atoms with Crippen molar-refractivity contribution in [2.24, 2.45) is 11.7 Å². The predicted octanol–water partition coefficient (Wildman–Crippen LogP) is -0.0866. The standard InChI is InChI=1S/C8H18N2O/c1-11-7-8-2-4-10(6-8)5-3-9/h8H,2-7,9H2,1H3/t8-/m0/s1. The number of hydrogen-bond acceptors (Lipinski definition) is 3. The Kier molecular flexibility index (Phi) is 3.83. The molecule has 1 rings (SSSR count). The third-order valence-corrected chi connectivity index (χ3v) is 2.22. The van der Waals surface area contributed by atoms with E-state index >= 15 is 0 Å². The van der Waals surface area contributed by atoms with E-state index in [0.29, 0.717) is 0 Å². The van der Waals surface area contributed by atoms with Crippen molar-refractivity contribution in [1.29, 1.82) is 0 Å². The summed E-state index contributed by atoms with van der Waals surface area (Å²) in [4.78, 5) is 2.41. The molecule has 1 aliphatic heterocycles. The molecule has 0 aliphatic carbocycles. The second-order valence-corrected chi connectivity index (χ2v) is 3.20. The summed E-state index contributed by atoms with van der Waals surface area (Å²) in [6.07, 6.45) is 1.27.